The zero-order valence-corrected chi connectivity index (χ0v) is 10.3. The van der Waals surface area contributed by atoms with E-state index in [4.69, 9.17) is 15.9 Å². The van der Waals surface area contributed by atoms with Crippen molar-refractivity contribution >= 4 is 5.97 Å². The molecule has 0 saturated heterocycles. The van der Waals surface area contributed by atoms with Gasteiger partial charge in [-0.1, -0.05) is 6.42 Å². The number of rotatable bonds is 7. The van der Waals surface area contributed by atoms with Crippen LogP contribution in [0.15, 0.2) is 24.3 Å². The molecule has 0 saturated carbocycles. The van der Waals surface area contributed by atoms with E-state index in [2.05, 4.69) is 10.8 Å². The van der Waals surface area contributed by atoms with Crippen LogP contribution in [0.2, 0.25) is 0 Å². The number of methoxy groups -OCH3 is 1. The predicted molar refractivity (Wildman–Crippen MR) is 67.3 cm³/mol. The SMILES string of the molecule is C#COCCCCOc1ccc(C(=O)OC)cc1. The van der Waals surface area contributed by atoms with Gasteiger partial charge in [0.25, 0.3) is 0 Å². The molecular weight excluding hydrogens is 232 g/mol. The Balaban J connectivity index is 2.27. The van der Waals surface area contributed by atoms with Gasteiger partial charge >= 0.3 is 5.97 Å². The molecule has 1 rings (SSSR count). The molecule has 0 N–H and O–H groups in total. The van der Waals surface area contributed by atoms with Gasteiger partial charge in [0.1, 0.15) is 18.5 Å². The highest BCUT2D eigenvalue weighted by Crippen LogP contribution is 2.13. The topological polar surface area (TPSA) is 44.8 Å². The largest absolute Gasteiger partial charge is 0.494 e. The summed E-state index contributed by atoms with van der Waals surface area (Å²) in [5, 5.41) is 0. The molecule has 96 valence electrons. The highest BCUT2D eigenvalue weighted by atomic mass is 16.5. The highest BCUT2D eigenvalue weighted by Gasteiger charge is 2.04. The van der Waals surface area contributed by atoms with Crippen molar-refractivity contribution in [3.05, 3.63) is 29.8 Å². The Bertz CT molecular complexity index is 403. The smallest absolute Gasteiger partial charge is 0.337 e. The number of ether oxygens (including phenoxy) is 3. The van der Waals surface area contributed by atoms with Crippen LogP contribution in [0.5, 0.6) is 5.75 Å². The number of terminal acetylenes is 1. The molecule has 0 aliphatic heterocycles. The van der Waals surface area contributed by atoms with Crippen molar-refractivity contribution in [2.45, 2.75) is 12.8 Å². The second-order valence-corrected chi connectivity index (χ2v) is 3.54. The van der Waals surface area contributed by atoms with Gasteiger partial charge in [-0.15, -0.1) is 0 Å². The molecule has 0 spiro atoms. The third-order valence-corrected chi connectivity index (χ3v) is 2.27. The molecule has 0 aromatic heterocycles. The number of hydrogen-bond acceptors (Lipinski definition) is 4. The lowest BCUT2D eigenvalue weighted by Gasteiger charge is -2.06. The molecule has 1 aromatic rings. The van der Waals surface area contributed by atoms with Gasteiger partial charge in [0.15, 0.2) is 0 Å². The summed E-state index contributed by atoms with van der Waals surface area (Å²) < 4.78 is 14.9. The van der Waals surface area contributed by atoms with Gasteiger partial charge in [-0.2, -0.15) is 0 Å². The van der Waals surface area contributed by atoms with E-state index in [0.29, 0.717) is 18.8 Å². The Morgan fingerprint density at radius 1 is 1.22 bits per heavy atom. The molecule has 0 heterocycles. The molecule has 0 atom stereocenters. The van der Waals surface area contributed by atoms with Crippen molar-refractivity contribution in [3.63, 3.8) is 0 Å². The zero-order chi connectivity index (χ0) is 13.2. The van der Waals surface area contributed by atoms with Crippen LogP contribution in [-0.2, 0) is 9.47 Å². The maximum absolute atomic E-state index is 11.2. The van der Waals surface area contributed by atoms with Crippen LogP contribution >= 0.6 is 0 Å². The maximum Gasteiger partial charge on any atom is 0.337 e. The van der Waals surface area contributed by atoms with Gasteiger partial charge in [-0.05, 0) is 37.1 Å². The van der Waals surface area contributed by atoms with Crippen molar-refractivity contribution in [1.82, 2.24) is 0 Å². The van der Waals surface area contributed by atoms with Crippen molar-refractivity contribution in [1.29, 1.82) is 0 Å². The average Bonchev–Trinajstić information content (AvgIpc) is 2.42. The van der Waals surface area contributed by atoms with Crippen LogP contribution < -0.4 is 4.74 Å². The average molecular weight is 248 g/mol. The number of benzene rings is 1. The summed E-state index contributed by atoms with van der Waals surface area (Å²) in [4.78, 5) is 11.2. The molecule has 4 nitrogen and oxygen atoms in total. The van der Waals surface area contributed by atoms with E-state index in [1.54, 1.807) is 24.3 Å². The number of esters is 1. The van der Waals surface area contributed by atoms with Gasteiger partial charge in [0, 0.05) is 0 Å². The van der Waals surface area contributed by atoms with Gasteiger partial charge in [0.05, 0.1) is 19.3 Å². The Morgan fingerprint density at radius 3 is 2.50 bits per heavy atom. The summed E-state index contributed by atoms with van der Waals surface area (Å²) in [5.74, 6) is 0.369. The summed E-state index contributed by atoms with van der Waals surface area (Å²) >= 11 is 0. The van der Waals surface area contributed by atoms with Crippen molar-refractivity contribution in [2.75, 3.05) is 20.3 Å². The monoisotopic (exact) mass is 248 g/mol. The molecule has 0 amide bonds. The van der Waals surface area contributed by atoms with Crippen molar-refractivity contribution in [3.8, 4) is 18.3 Å². The number of carbonyl (C=O) groups is 1. The summed E-state index contributed by atoms with van der Waals surface area (Å²) in [6.45, 7) is 1.13. The van der Waals surface area contributed by atoms with Gasteiger partial charge in [-0.3, -0.25) is 0 Å². The summed E-state index contributed by atoms with van der Waals surface area (Å²) in [5.41, 5.74) is 0.507. The first-order valence-corrected chi connectivity index (χ1v) is 5.66. The molecule has 0 radical (unpaired) electrons. The molecular formula is C14H16O4. The second kappa shape index (κ2) is 8.02. The quantitative estimate of drug-likeness (QED) is 0.422. The van der Waals surface area contributed by atoms with Crippen LogP contribution in [0, 0.1) is 12.5 Å². The van der Waals surface area contributed by atoms with E-state index in [-0.39, 0.29) is 5.97 Å². The lowest BCUT2D eigenvalue weighted by Crippen LogP contribution is -2.02. The van der Waals surface area contributed by atoms with E-state index in [9.17, 15) is 4.79 Å². The fourth-order valence-corrected chi connectivity index (χ4v) is 1.33. The molecule has 4 heteroatoms. The second-order valence-electron chi connectivity index (χ2n) is 3.54. The van der Waals surface area contributed by atoms with Crippen LogP contribution in [0.4, 0.5) is 0 Å². The Labute approximate surface area is 107 Å². The Kier molecular flexibility index (Phi) is 6.20. The van der Waals surface area contributed by atoms with Gasteiger partial charge in [-0.25, -0.2) is 4.79 Å². The summed E-state index contributed by atoms with van der Waals surface area (Å²) in [6, 6.07) is 6.82. The fraction of sp³-hybridized carbons (Fsp3) is 0.357. The maximum atomic E-state index is 11.2. The van der Waals surface area contributed by atoms with E-state index in [1.165, 1.54) is 7.11 Å². The molecule has 0 fully saturated rings. The number of unbranched alkanes of at least 4 members (excludes halogenated alkanes) is 1. The van der Waals surface area contributed by atoms with E-state index in [0.717, 1.165) is 18.6 Å². The number of hydrogen-bond donors (Lipinski definition) is 0. The van der Waals surface area contributed by atoms with Gasteiger partial charge in [0.2, 0.25) is 0 Å². The molecule has 0 unspecified atom stereocenters. The van der Waals surface area contributed by atoms with E-state index in [1.807, 2.05) is 0 Å². The predicted octanol–water partition coefficient (Wildman–Crippen LogP) is 2.24. The first kappa shape index (κ1) is 13.9. The fourth-order valence-electron chi connectivity index (χ4n) is 1.33. The minimum absolute atomic E-state index is 0.354. The molecule has 18 heavy (non-hydrogen) atoms. The van der Waals surface area contributed by atoms with Crippen molar-refractivity contribution < 1.29 is 19.0 Å². The minimum Gasteiger partial charge on any atom is -0.494 e. The summed E-state index contributed by atoms with van der Waals surface area (Å²) in [7, 11) is 1.35. The lowest BCUT2D eigenvalue weighted by molar-refractivity contribution is 0.0600. The Morgan fingerprint density at radius 2 is 1.89 bits per heavy atom. The van der Waals surface area contributed by atoms with Crippen molar-refractivity contribution in [2.24, 2.45) is 0 Å². The van der Waals surface area contributed by atoms with Gasteiger partial charge < -0.3 is 14.2 Å². The Hall–Kier alpha value is -2.15. The highest BCUT2D eigenvalue weighted by molar-refractivity contribution is 5.89. The molecule has 0 aliphatic carbocycles. The molecule has 0 bridgehead atoms. The minimum atomic E-state index is -0.354. The lowest BCUT2D eigenvalue weighted by atomic mass is 10.2. The molecule has 0 aliphatic rings. The van der Waals surface area contributed by atoms with Crippen LogP contribution in [0.25, 0.3) is 0 Å². The first-order valence-electron chi connectivity index (χ1n) is 5.66. The van der Waals surface area contributed by atoms with Crippen LogP contribution in [0.1, 0.15) is 23.2 Å². The zero-order valence-electron chi connectivity index (χ0n) is 10.3. The van der Waals surface area contributed by atoms with Crippen LogP contribution in [0.3, 0.4) is 0 Å². The first-order chi connectivity index (χ1) is 8.77. The standard InChI is InChI=1S/C14H16O4/c1-3-17-10-4-5-11-18-13-8-6-12(7-9-13)14(15)16-2/h1,6-9H,4-5,10-11H2,2H3. The van der Waals surface area contributed by atoms with E-state index < -0.39 is 0 Å². The third kappa shape index (κ3) is 4.79. The van der Waals surface area contributed by atoms with E-state index >= 15 is 0 Å². The normalized spacial score (nSPS) is 9.33. The third-order valence-electron chi connectivity index (χ3n) is 2.27. The number of carbonyl (C=O) groups excluding carboxylic acids is 1. The molecule has 1 aromatic carbocycles. The summed E-state index contributed by atoms with van der Waals surface area (Å²) in [6.07, 6.45) is 8.77. The van der Waals surface area contributed by atoms with Crippen LogP contribution in [-0.4, -0.2) is 26.3 Å².